The molecule has 1 amide bonds. The summed E-state index contributed by atoms with van der Waals surface area (Å²) in [6, 6.07) is 13.9. The maximum Gasteiger partial charge on any atom is 0.256 e. The van der Waals surface area contributed by atoms with Gasteiger partial charge in [-0.05, 0) is 35.7 Å². The van der Waals surface area contributed by atoms with Crippen LogP contribution in [0.3, 0.4) is 0 Å². The number of amides is 1. The minimum atomic E-state index is -0.0593. The van der Waals surface area contributed by atoms with Crippen LogP contribution in [0.4, 0.5) is 5.69 Å². The second kappa shape index (κ2) is 5.45. The van der Waals surface area contributed by atoms with Crippen molar-refractivity contribution in [1.29, 1.82) is 5.26 Å². The SMILES string of the molecule is N#CCCN(C(=O)c1cc2ccccc2cc1N)C1CC1. The van der Waals surface area contributed by atoms with E-state index in [4.69, 9.17) is 11.0 Å². The molecule has 0 saturated heterocycles. The van der Waals surface area contributed by atoms with E-state index in [0.29, 0.717) is 24.2 Å². The fourth-order valence-electron chi connectivity index (χ4n) is 2.60. The third-order valence-corrected chi connectivity index (χ3v) is 3.86. The van der Waals surface area contributed by atoms with Crippen molar-refractivity contribution in [1.82, 2.24) is 4.90 Å². The predicted octanol–water partition coefficient (Wildman–Crippen LogP) is 2.94. The van der Waals surface area contributed by atoms with Crippen molar-refractivity contribution < 1.29 is 4.79 Å². The summed E-state index contributed by atoms with van der Waals surface area (Å²) in [5, 5.41) is 10.8. The highest BCUT2D eigenvalue weighted by Crippen LogP contribution is 2.30. The van der Waals surface area contributed by atoms with Gasteiger partial charge in [-0.2, -0.15) is 5.26 Å². The summed E-state index contributed by atoms with van der Waals surface area (Å²) in [5.41, 5.74) is 7.10. The Kier molecular flexibility index (Phi) is 3.49. The van der Waals surface area contributed by atoms with Gasteiger partial charge in [0.2, 0.25) is 0 Å². The number of nitrogens with zero attached hydrogens (tertiary/aromatic N) is 2. The number of fused-ring (bicyclic) bond motifs is 1. The molecule has 2 aromatic carbocycles. The number of nitrogen functional groups attached to an aromatic ring is 1. The summed E-state index contributed by atoms with van der Waals surface area (Å²) in [6.45, 7) is 0.478. The van der Waals surface area contributed by atoms with Crippen LogP contribution in [0, 0.1) is 11.3 Å². The van der Waals surface area contributed by atoms with E-state index < -0.39 is 0 Å². The van der Waals surface area contributed by atoms with Gasteiger partial charge in [0.15, 0.2) is 0 Å². The van der Waals surface area contributed by atoms with E-state index >= 15 is 0 Å². The van der Waals surface area contributed by atoms with Gasteiger partial charge in [-0.25, -0.2) is 0 Å². The van der Waals surface area contributed by atoms with Crippen molar-refractivity contribution in [2.24, 2.45) is 0 Å². The summed E-state index contributed by atoms with van der Waals surface area (Å²) < 4.78 is 0. The van der Waals surface area contributed by atoms with E-state index in [2.05, 4.69) is 6.07 Å². The number of carbonyl (C=O) groups excluding carboxylic acids is 1. The van der Waals surface area contributed by atoms with Crippen LogP contribution in [0.15, 0.2) is 36.4 Å². The second-order valence-corrected chi connectivity index (χ2v) is 5.42. The number of carbonyl (C=O) groups is 1. The van der Waals surface area contributed by atoms with Crippen LogP contribution >= 0.6 is 0 Å². The van der Waals surface area contributed by atoms with E-state index in [9.17, 15) is 4.79 Å². The molecule has 0 radical (unpaired) electrons. The fraction of sp³-hybridized carbons (Fsp3) is 0.294. The number of hydrogen-bond acceptors (Lipinski definition) is 3. The topological polar surface area (TPSA) is 70.1 Å². The van der Waals surface area contributed by atoms with Gasteiger partial charge < -0.3 is 10.6 Å². The average molecular weight is 279 g/mol. The molecule has 2 N–H and O–H groups in total. The molecule has 0 spiro atoms. The average Bonchev–Trinajstić information content (AvgIpc) is 3.31. The summed E-state index contributed by atoms with van der Waals surface area (Å²) in [5.74, 6) is -0.0593. The van der Waals surface area contributed by atoms with E-state index in [0.717, 1.165) is 23.6 Å². The number of hydrogen-bond donors (Lipinski definition) is 1. The second-order valence-electron chi connectivity index (χ2n) is 5.42. The highest BCUT2D eigenvalue weighted by atomic mass is 16.2. The third-order valence-electron chi connectivity index (χ3n) is 3.86. The molecule has 1 fully saturated rings. The Bertz CT molecular complexity index is 728. The number of nitriles is 1. The van der Waals surface area contributed by atoms with Crippen molar-refractivity contribution in [2.75, 3.05) is 12.3 Å². The zero-order valence-electron chi connectivity index (χ0n) is 11.7. The normalized spacial score (nSPS) is 13.9. The highest BCUT2D eigenvalue weighted by molar-refractivity contribution is 6.04. The van der Waals surface area contributed by atoms with Crippen molar-refractivity contribution in [3.63, 3.8) is 0 Å². The minimum Gasteiger partial charge on any atom is -0.398 e. The van der Waals surface area contributed by atoms with E-state index in [1.807, 2.05) is 36.4 Å². The van der Waals surface area contributed by atoms with Gasteiger partial charge in [0.1, 0.15) is 0 Å². The molecule has 1 aliphatic rings. The van der Waals surface area contributed by atoms with Crippen LogP contribution in [0.2, 0.25) is 0 Å². The molecule has 1 saturated carbocycles. The first-order chi connectivity index (χ1) is 10.2. The lowest BCUT2D eigenvalue weighted by atomic mass is 10.0. The zero-order valence-corrected chi connectivity index (χ0v) is 11.7. The zero-order chi connectivity index (χ0) is 14.8. The van der Waals surface area contributed by atoms with Crippen molar-refractivity contribution in [3.05, 3.63) is 42.0 Å². The molecular weight excluding hydrogens is 262 g/mol. The van der Waals surface area contributed by atoms with Crippen molar-refractivity contribution >= 4 is 22.4 Å². The van der Waals surface area contributed by atoms with Crippen molar-refractivity contribution in [3.8, 4) is 6.07 Å². The molecule has 0 atom stereocenters. The Morgan fingerprint density at radius 1 is 1.29 bits per heavy atom. The molecule has 2 aromatic rings. The first-order valence-electron chi connectivity index (χ1n) is 7.17. The number of anilines is 1. The first kappa shape index (κ1) is 13.4. The van der Waals surface area contributed by atoms with Crippen LogP contribution in [-0.2, 0) is 0 Å². The largest absolute Gasteiger partial charge is 0.398 e. The molecule has 4 heteroatoms. The van der Waals surface area contributed by atoms with Crippen LogP contribution in [0.1, 0.15) is 29.6 Å². The van der Waals surface area contributed by atoms with Crippen LogP contribution in [-0.4, -0.2) is 23.4 Å². The van der Waals surface area contributed by atoms with E-state index in [1.54, 1.807) is 4.90 Å². The minimum absolute atomic E-state index is 0.0593. The highest BCUT2D eigenvalue weighted by Gasteiger charge is 2.33. The Morgan fingerprint density at radius 2 is 1.95 bits per heavy atom. The molecule has 0 heterocycles. The van der Waals surface area contributed by atoms with Gasteiger partial charge in [-0.1, -0.05) is 24.3 Å². The Balaban J connectivity index is 1.96. The van der Waals surface area contributed by atoms with Crippen LogP contribution < -0.4 is 5.73 Å². The maximum absolute atomic E-state index is 12.7. The number of nitrogens with two attached hydrogens (primary N) is 1. The molecule has 4 nitrogen and oxygen atoms in total. The van der Waals surface area contributed by atoms with Gasteiger partial charge in [0, 0.05) is 18.3 Å². The number of rotatable bonds is 4. The van der Waals surface area contributed by atoms with Gasteiger partial charge in [0.25, 0.3) is 5.91 Å². The Hall–Kier alpha value is -2.54. The lowest BCUT2D eigenvalue weighted by Gasteiger charge is -2.22. The molecule has 106 valence electrons. The maximum atomic E-state index is 12.7. The van der Waals surface area contributed by atoms with Gasteiger partial charge >= 0.3 is 0 Å². The van der Waals surface area contributed by atoms with E-state index in [-0.39, 0.29) is 11.9 Å². The fourth-order valence-corrected chi connectivity index (χ4v) is 2.60. The summed E-state index contributed by atoms with van der Waals surface area (Å²) >= 11 is 0. The molecule has 0 unspecified atom stereocenters. The Labute approximate surface area is 123 Å². The summed E-state index contributed by atoms with van der Waals surface area (Å²) in [6.07, 6.45) is 2.39. The van der Waals surface area contributed by atoms with E-state index in [1.165, 1.54) is 0 Å². The predicted molar refractivity (Wildman–Crippen MR) is 82.6 cm³/mol. The quantitative estimate of drug-likeness (QED) is 0.875. The standard InChI is InChI=1S/C17H17N3O/c18-8-3-9-20(14-6-7-14)17(21)15-10-12-4-1-2-5-13(12)11-16(15)19/h1-2,4-5,10-11,14H,3,6-7,9,19H2. The molecular formula is C17H17N3O. The molecule has 3 rings (SSSR count). The van der Waals surface area contributed by atoms with Crippen molar-refractivity contribution in [2.45, 2.75) is 25.3 Å². The summed E-state index contributed by atoms with van der Waals surface area (Å²) in [7, 11) is 0. The molecule has 1 aliphatic carbocycles. The lowest BCUT2D eigenvalue weighted by molar-refractivity contribution is 0.0748. The molecule has 0 aromatic heterocycles. The lowest BCUT2D eigenvalue weighted by Crippen LogP contribution is -2.34. The van der Waals surface area contributed by atoms with Gasteiger partial charge in [0.05, 0.1) is 18.1 Å². The third kappa shape index (κ3) is 2.68. The van der Waals surface area contributed by atoms with Crippen LogP contribution in [0.25, 0.3) is 10.8 Å². The first-order valence-corrected chi connectivity index (χ1v) is 7.17. The Morgan fingerprint density at radius 3 is 2.57 bits per heavy atom. The van der Waals surface area contributed by atoms with Gasteiger partial charge in [-0.3, -0.25) is 4.79 Å². The number of benzene rings is 2. The summed E-state index contributed by atoms with van der Waals surface area (Å²) in [4.78, 5) is 14.5. The van der Waals surface area contributed by atoms with Gasteiger partial charge in [-0.15, -0.1) is 0 Å². The molecule has 0 bridgehead atoms. The van der Waals surface area contributed by atoms with Crippen LogP contribution in [0.5, 0.6) is 0 Å². The smallest absolute Gasteiger partial charge is 0.256 e. The molecule has 0 aliphatic heterocycles. The molecule has 21 heavy (non-hydrogen) atoms. The monoisotopic (exact) mass is 279 g/mol.